The third-order valence-electron chi connectivity index (χ3n) is 5.28. The van der Waals surface area contributed by atoms with Crippen LogP contribution in [-0.2, 0) is 11.2 Å². The van der Waals surface area contributed by atoms with Crippen LogP contribution in [0.2, 0.25) is 0 Å². The van der Waals surface area contributed by atoms with Crippen LogP contribution in [0.1, 0.15) is 29.8 Å². The Labute approximate surface area is 177 Å². The van der Waals surface area contributed by atoms with Gasteiger partial charge in [-0.3, -0.25) is 9.59 Å². The van der Waals surface area contributed by atoms with E-state index in [9.17, 15) is 9.59 Å². The van der Waals surface area contributed by atoms with E-state index in [1.54, 1.807) is 0 Å². The van der Waals surface area contributed by atoms with Crippen molar-refractivity contribution in [2.24, 2.45) is 0 Å². The molecule has 154 valence electrons. The Morgan fingerprint density at radius 1 is 1.07 bits per heavy atom. The van der Waals surface area contributed by atoms with Gasteiger partial charge < -0.3 is 15.1 Å². The third-order valence-corrected chi connectivity index (χ3v) is 6.34. The lowest BCUT2D eigenvalue weighted by molar-refractivity contribution is -0.116. The quantitative estimate of drug-likeness (QED) is 0.642. The minimum atomic E-state index is -0.0841. The molecule has 0 aromatic heterocycles. The largest absolute Gasteiger partial charge is 0.351 e. The van der Waals surface area contributed by atoms with Crippen LogP contribution in [0.3, 0.4) is 0 Å². The predicted molar refractivity (Wildman–Crippen MR) is 120 cm³/mol. The third kappa shape index (κ3) is 5.40. The summed E-state index contributed by atoms with van der Waals surface area (Å²) < 4.78 is 0. The van der Waals surface area contributed by atoms with Gasteiger partial charge in [0.1, 0.15) is 0 Å². The highest BCUT2D eigenvalue weighted by Crippen LogP contribution is 2.29. The van der Waals surface area contributed by atoms with E-state index < -0.39 is 0 Å². The fraction of sp³-hybridized carbons (Fsp3) is 0.391. The molecule has 1 N–H and O–H groups in total. The lowest BCUT2D eigenvalue weighted by Crippen LogP contribution is -2.35. The van der Waals surface area contributed by atoms with Crippen molar-refractivity contribution in [1.29, 1.82) is 0 Å². The van der Waals surface area contributed by atoms with Crippen molar-refractivity contribution in [2.45, 2.75) is 25.2 Å². The number of fused-ring (bicyclic) bond motifs is 1. The second-order valence-corrected chi connectivity index (χ2v) is 8.01. The fourth-order valence-electron chi connectivity index (χ4n) is 3.56. The number of likely N-dealkylation sites (N-methyl/N-ethyl adjacent to an activating group) is 1. The van der Waals surface area contributed by atoms with E-state index in [-0.39, 0.29) is 11.8 Å². The van der Waals surface area contributed by atoms with Crippen molar-refractivity contribution in [2.75, 3.05) is 43.4 Å². The van der Waals surface area contributed by atoms with Crippen molar-refractivity contribution in [3.8, 4) is 0 Å². The minimum absolute atomic E-state index is 0.0803. The smallest absolute Gasteiger partial charge is 0.252 e. The number of amides is 2. The number of benzene rings is 2. The van der Waals surface area contributed by atoms with Gasteiger partial charge in [-0.2, -0.15) is 0 Å². The standard InChI is InChI=1S/C23H29N3O2S/c1-3-25(4-2)16-14-24-23(28)19-10-6-8-12-21(19)29-17-22(27)26-15-13-18-9-5-7-11-20(18)26/h5-12H,3-4,13-17H2,1-2H3,(H,24,28). The number of rotatable bonds is 9. The molecule has 2 amide bonds. The van der Waals surface area contributed by atoms with E-state index in [1.807, 2.05) is 47.4 Å². The van der Waals surface area contributed by atoms with E-state index in [2.05, 4.69) is 30.1 Å². The first-order valence-corrected chi connectivity index (χ1v) is 11.2. The number of nitrogens with one attached hydrogen (secondary N) is 1. The molecule has 0 aliphatic carbocycles. The number of para-hydroxylation sites is 1. The molecule has 1 aliphatic heterocycles. The fourth-order valence-corrected chi connectivity index (χ4v) is 4.48. The molecule has 0 saturated carbocycles. The zero-order valence-corrected chi connectivity index (χ0v) is 18.0. The molecule has 1 heterocycles. The van der Waals surface area contributed by atoms with E-state index in [1.165, 1.54) is 17.3 Å². The van der Waals surface area contributed by atoms with E-state index in [4.69, 9.17) is 0 Å². The molecule has 0 bridgehead atoms. The van der Waals surface area contributed by atoms with Crippen LogP contribution in [0, 0.1) is 0 Å². The maximum absolute atomic E-state index is 12.8. The van der Waals surface area contributed by atoms with Crippen LogP contribution < -0.4 is 10.2 Å². The number of carbonyl (C=O) groups is 2. The average molecular weight is 412 g/mol. The average Bonchev–Trinajstić information content (AvgIpc) is 3.19. The molecule has 0 spiro atoms. The SMILES string of the molecule is CCN(CC)CCNC(=O)c1ccccc1SCC(=O)N1CCc2ccccc21. The van der Waals surface area contributed by atoms with Gasteiger partial charge in [-0.25, -0.2) is 0 Å². The van der Waals surface area contributed by atoms with Crippen molar-refractivity contribution < 1.29 is 9.59 Å². The van der Waals surface area contributed by atoms with Crippen molar-refractivity contribution in [1.82, 2.24) is 10.2 Å². The Morgan fingerprint density at radius 3 is 2.59 bits per heavy atom. The summed E-state index contributed by atoms with van der Waals surface area (Å²) in [6.07, 6.45) is 0.901. The number of carbonyl (C=O) groups excluding carboxylic acids is 2. The highest BCUT2D eigenvalue weighted by atomic mass is 32.2. The second-order valence-electron chi connectivity index (χ2n) is 6.99. The zero-order chi connectivity index (χ0) is 20.6. The first-order chi connectivity index (χ1) is 14.1. The van der Waals surface area contributed by atoms with Crippen molar-refractivity contribution in [3.63, 3.8) is 0 Å². The molecule has 0 radical (unpaired) electrons. The van der Waals surface area contributed by atoms with Crippen LogP contribution in [0.4, 0.5) is 5.69 Å². The summed E-state index contributed by atoms with van der Waals surface area (Å²) in [5.41, 5.74) is 2.87. The van der Waals surface area contributed by atoms with Gasteiger partial charge in [-0.05, 0) is 43.3 Å². The van der Waals surface area contributed by atoms with E-state index >= 15 is 0 Å². The highest BCUT2D eigenvalue weighted by Gasteiger charge is 2.24. The number of anilines is 1. The van der Waals surface area contributed by atoms with Gasteiger partial charge in [0.15, 0.2) is 0 Å². The van der Waals surface area contributed by atoms with Gasteiger partial charge in [0.2, 0.25) is 5.91 Å². The molecule has 6 heteroatoms. The molecule has 2 aromatic carbocycles. The lowest BCUT2D eigenvalue weighted by Gasteiger charge is -2.19. The molecule has 29 heavy (non-hydrogen) atoms. The maximum atomic E-state index is 12.8. The summed E-state index contributed by atoms with van der Waals surface area (Å²) in [6, 6.07) is 15.6. The number of nitrogens with zero attached hydrogens (tertiary/aromatic N) is 2. The van der Waals surface area contributed by atoms with Crippen LogP contribution in [0.25, 0.3) is 0 Å². The number of hydrogen-bond acceptors (Lipinski definition) is 4. The summed E-state index contributed by atoms with van der Waals surface area (Å²) in [6.45, 7) is 8.36. The van der Waals surface area contributed by atoms with Crippen molar-refractivity contribution >= 4 is 29.3 Å². The first-order valence-electron chi connectivity index (χ1n) is 10.2. The summed E-state index contributed by atoms with van der Waals surface area (Å²) >= 11 is 1.43. The minimum Gasteiger partial charge on any atom is -0.351 e. The molecule has 0 fully saturated rings. The highest BCUT2D eigenvalue weighted by molar-refractivity contribution is 8.00. The molecule has 1 aliphatic rings. The molecular weight excluding hydrogens is 382 g/mol. The van der Waals surface area contributed by atoms with Gasteiger partial charge in [-0.1, -0.05) is 44.2 Å². The molecule has 3 rings (SSSR count). The van der Waals surface area contributed by atoms with Crippen LogP contribution in [0.15, 0.2) is 53.4 Å². The van der Waals surface area contributed by atoms with Gasteiger partial charge in [0.05, 0.1) is 11.3 Å². The van der Waals surface area contributed by atoms with E-state index in [0.29, 0.717) is 17.9 Å². The van der Waals surface area contributed by atoms with Crippen molar-refractivity contribution in [3.05, 3.63) is 59.7 Å². The normalized spacial score (nSPS) is 12.9. The Balaban J connectivity index is 1.58. The van der Waals surface area contributed by atoms with E-state index in [0.717, 1.165) is 43.2 Å². The molecule has 0 saturated heterocycles. The lowest BCUT2D eigenvalue weighted by atomic mass is 10.2. The molecule has 2 aromatic rings. The zero-order valence-electron chi connectivity index (χ0n) is 17.2. The Bertz CT molecular complexity index is 852. The molecule has 0 atom stereocenters. The van der Waals surface area contributed by atoms with Gasteiger partial charge >= 0.3 is 0 Å². The topological polar surface area (TPSA) is 52.7 Å². The molecule has 5 nitrogen and oxygen atoms in total. The Hall–Kier alpha value is -2.31. The van der Waals surface area contributed by atoms with Gasteiger partial charge in [0, 0.05) is 30.2 Å². The maximum Gasteiger partial charge on any atom is 0.252 e. The number of thioether (sulfide) groups is 1. The summed E-state index contributed by atoms with van der Waals surface area (Å²) in [5, 5.41) is 3.00. The predicted octanol–water partition coefficient (Wildman–Crippen LogP) is 3.44. The Morgan fingerprint density at radius 2 is 1.79 bits per heavy atom. The molecule has 0 unspecified atom stereocenters. The monoisotopic (exact) mass is 411 g/mol. The summed E-state index contributed by atoms with van der Waals surface area (Å²) in [4.78, 5) is 30.4. The first kappa shape index (κ1) is 21.4. The molecular formula is C23H29N3O2S. The second kappa shape index (κ2) is 10.5. The van der Waals surface area contributed by atoms with Gasteiger partial charge in [0.25, 0.3) is 5.91 Å². The Kier molecular flexibility index (Phi) is 7.72. The summed E-state index contributed by atoms with van der Waals surface area (Å²) in [7, 11) is 0. The van der Waals surface area contributed by atoms with Crippen LogP contribution in [-0.4, -0.2) is 55.2 Å². The van der Waals surface area contributed by atoms with Crippen LogP contribution in [0.5, 0.6) is 0 Å². The number of hydrogen-bond donors (Lipinski definition) is 1. The summed E-state index contributed by atoms with van der Waals surface area (Å²) in [5.74, 6) is 0.314. The van der Waals surface area contributed by atoms with Crippen LogP contribution >= 0.6 is 11.8 Å². The van der Waals surface area contributed by atoms with Gasteiger partial charge in [-0.15, -0.1) is 11.8 Å².